The lowest BCUT2D eigenvalue weighted by Gasteiger charge is -2.23. The van der Waals surface area contributed by atoms with E-state index < -0.39 is 0 Å². The molecule has 0 amide bonds. The smallest absolute Gasteiger partial charge is 0.104 e. The van der Waals surface area contributed by atoms with Gasteiger partial charge in [-0.2, -0.15) is 5.26 Å². The molecule has 4 heteroatoms. The highest BCUT2D eigenvalue weighted by Crippen LogP contribution is 2.24. The fourth-order valence-corrected chi connectivity index (χ4v) is 1.73. The van der Waals surface area contributed by atoms with E-state index in [2.05, 4.69) is 11.4 Å². The van der Waals surface area contributed by atoms with Crippen molar-refractivity contribution in [1.82, 2.24) is 5.32 Å². The van der Waals surface area contributed by atoms with Crippen LogP contribution in [0.4, 0.5) is 0 Å². The van der Waals surface area contributed by atoms with Crippen LogP contribution in [0.1, 0.15) is 39.5 Å². The molecule has 1 saturated carbocycles. The van der Waals surface area contributed by atoms with E-state index in [1.165, 1.54) is 12.8 Å². The Morgan fingerprint density at radius 2 is 2.00 bits per heavy atom. The van der Waals surface area contributed by atoms with Crippen molar-refractivity contribution in [2.24, 2.45) is 0 Å². The number of nitriles is 1. The van der Waals surface area contributed by atoms with Crippen LogP contribution in [-0.4, -0.2) is 38.0 Å². The molecule has 17 heavy (non-hydrogen) atoms. The van der Waals surface area contributed by atoms with Crippen molar-refractivity contribution in [2.75, 3.05) is 26.4 Å². The lowest BCUT2D eigenvalue weighted by Crippen LogP contribution is -2.42. The number of hydrogen-bond acceptors (Lipinski definition) is 4. The summed E-state index contributed by atoms with van der Waals surface area (Å²) in [4.78, 5) is 0. The Bertz CT molecular complexity index is 248. The third kappa shape index (κ3) is 6.62. The second-order valence-corrected chi connectivity index (χ2v) is 4.78. The van der Waals surface area contributed by atoms with Gasteiger partial charge in [-0.1, -0.05) is 0 Å². The number of rotatable bonds is 10. The largest absolute Gasteiger partial charge is 0.379 e. The minimum Gasteiger partial charge on any atom is -0.379 e. The summed E-state index contributed by atoms with van der Waals surface area (Å²) >= 11 is 0. The van der Waals surface area contributed by atoms with Gasteiger partial charge in [-0.3, -0.25) is 5.32 Å². The summed E-state index contributed by atoms with van der Waals surface area (Å²) in [6.07, 6.45) is 4.18. The van der Waals surface area contributed by atoms with Gasteiger partial charge in [0.15, 0.2) is 0 Å². The van der Waals surface area contributed by atoms with E-state index in [1.54, 1.807) is 0 Å². The minimum absolute atomic E-state index is 0.384. The van der Waals surface area contributed by atoms with Crippen molar-refractivity contribution in [2.45, 2.75) is 51.1 Å². The first kappa shape index (κ1) is 14.4. The van der Waals surface area contributed by atoms with Gasteiger partial charge in [-0.15, -0.1) is 0 Å². The summed E-state index contributed by atoms with van der Waals surface area (Å²) in [5.41, 5.74) is -0.384. The van der Waals surface area contributed by atoms with Gasteiger partial charge in [0.1, 0.15) is 5.54 Å². The summed E-state index contributed by atoms with van der Waals surface area (Å²) in [7, 11) is 0. The lowest BCUT2D eigenvalue weighted by atomic mass is 9.98. The summed E-state index contributed by atoms with van der Waals surface area (Å²) < 4.78 is 10.6. The average Bonchev–Trinajstić information content (AvgIpc) is 3.12. The van der Waals surface area contributed by atoms with Crippen LogP contribution in [0.5, 0.6) is 0 Å². The molecule has 0 bridgehead atoms. The predicted molar refractivity (Wildman–Crippen MR) is 66.7 cm³/mol. The molecule has 0 aromatic carbocycles. The van der Waals surface area contributed by atoms with E-state index in [9.17, 15) is 0 Å². The highest BCUT2D eigenvalue weighted by molar-refractivity contribution is 5.06. The Kier molecular flexibility index (Phi) is 6.49. The zero-order valence-electron chi connectivity index (χ0n) is 11.0. The fourth-order valence-electron chi connectivity index (χ4n) is 1.73. The fraction of sp³-hybridized carbons (Fsp3) is 0.923. The maximum Gasteiger partial charge on any atom is 0.104 e. The van der Waals surface area contributed by atoms with Gasteiger partial charge >= 0.3 is 0 Å². The number of hydrogen-bond donors (Lipinski definition) is 1. The standard InChI is InChI=1S/C13H24N2O2/c1-3-16-9-10-17-8-4-7-13(2,11-14)15-12-5-6-12/h12,15H,3-10H2,1-2H3. The van der Waals surface area contributed by atoms with E-state index in [0.717, 1.165) is 19.4 Å². The molecule has 0 heterocycles. The van der Waals surface area contributed by atoms with E-state index in [4.69, 9.17) is 14.7 Å². The monoisotopic (exact) mass is 240 g/mol. The van der Waals surface area contributed by atoms with Crippen molar-refractivity contribution in [3.63, 3.8) is 0 Å². The van der Waals surface area contributed by atoms with Gasteiger partial charge in [0, 0.05) is 19.3 Å². The maximum atomic E-state index is 9.16. The third-order valence-electron chi connectivity index (χ3n) is 2.89. The van der Waals surface area contributed by atoms with Crippen LogP contribution in [0.15, 0.2) is 0 Å². The molecule has 1 aliphatic carbocycles. The van der Waals surface area contributed by atoms with Gasteiger partial charge in [0.2, 0.25) is 0 Å². The highest BCUT2D eigenvalue weighted by Gasteiger charge is 2.31. The van der Waals surface area contributed by atoms with Gasteiger partial charge in [-0.25, -0.2) is 0 Å². The van der Waals surface area contributed by atoms with Crippen LogP contribution < -0.4 is 5.32 Å². The molecule has 1 rings (SSSR count). The average molecular weight is 240 g/mol. The van der Waals surface area contributed by atoms with Crippen LogP contribution in [0.3, 0.4) is 0 Å². The van der Waals surface area contributed by atoms with Crippen molar-refractivity contribution in [3.8, 4) is 6.07 Å². The molecule has 0 aromatic rings. The summed E-state index contributed by atoms with van der Waals surface area (Å²) in [5, 5.41) is 12.5. The molecule has 1 aliphatic rings. The Balaban J connectivity index is 2.01. The molecular weight excluding hydrogens is 216 g/mol. The van der Waals surface area contributed by atoms with Crippen LogP contribution in [-0.2, 0) is 9.47 Å². The first-order valence-electron chi connectivity index (χ1n) is 6.54. The van der Waals surface area contributed by atoms with Crippen LogP contribution in [0, 0.1) is 11.3 Å². The van der Waals surface area contributed by atoms with E-state index in [1.807, 2.05) is 13.8 Å². The van der Waals surface area contributed by atoms with Gasteiger partial charge in [0.05, 0.1) is 19.3 Å². The number of ether oxygens (including phenoxy) is 2. The predicted octanol–water partition coefficient (Wildman–Crippen LogP) is 1.85. The van der Waals surface area contributed by atoms with Crippen LogP contribution in [0.2, 0.25) is 0 Å². The quantitative estimate of drug-likeness (QED) is 0.592. The molecule has 1 atom stereocenters. The van der Waals surface area contributed by atoms with Crippen molar-refractivity contribution in [3.05, 3.63) is 0 Å². The zero-order valence-corrected chi connectivity index (χ0v) is 11.0. The van der Waals surface area contributed by atoms with E-state index >= 15 is 0 Å². The van der Waals surface area contributed by atoms with Crippen molar-refractivity contribution < 1.29 is 9.47 Å². The zero-order chi connectivity index (χ0) is 12.6. The van der Waals surface area contributed by atoms with Crippen molar-refractivity contribution >= 4 is 0 Å². The Hall–Kier alpha value is -0.630. The molecule has 0 aromatic heterocycles. The second-order valence-electron chi connectivity index (χ2n) is 4.78. The Morgan fingerprint density at radius 1 is 1.29 bits per heavy atom. The molecule has 1 N–H and O–H groups in total. The SMILES string of the molecule is CCOCCOCCCC(C)(C#N)NC1CC1. The molecule has 0 radical (unpaired) electrons. The van der Waals surface area contributed by atoms with Crippen LogP contribution >= 0.6 is 0 Å². The Morgan fingerprint density at radius 3 is 2.59 bits per heavy atom. The third-order valence-corrected chi connectivity index (χ3v) is 2.89. The summed E-state index contributed by atoms with van der Waals surface area (Å²) in [5.74, 6) is 0. The molecule has 0 saturated heterocycles. The molecule has 4 nitrogen and oxygen atoms in total. The molecule has 1 unspecified atom stereocenters. The molecule has 1 fully saturated rings. The first-order valence-corrected chi connectivity index (χ1v) is 6.54. The Labute approximate surface area is 104 Å². The topological polar surface area (TPSA) is 54.3 Å². The minimum atomic E-state index is -0.384. The molecule has 0 spiro atoms. The molecule has 98 valence electrons. The van der Waals surface area contributed by atoms with Gasteiger partial charge in [0.25, 0.3) is 0 Å². The normalized spacial score (nSPS) is 18.6. The maximum absolute atomic E-state index is 9.16. The van der Waals surface area contributed by atoms with Gasteiger partial charge < -0.3 is 9.47 Å². The highest BCUT2D eigenvalue weighted by atomic mass is 16.5. The lowest BCUT2D eigenvalue weighted by molar-refractivity contribution is 0.0501. The molecular formula is C13H24N2O2. The van der Waals surface area contributed by atoms with E-state index in [0.29, 0.717) is 25.9 Å². The van der Waals surface area contributed by atoms with Crippen molar-refractivity contribution in [1.29, 1.82) is 5.26 Å². The molecule has 0 aliphatic heterocycles. The number of nitrogens with one attached hydrogen (secondary N) is 1. The van der Waals surface area contributed by atoms with Gasteiger partial charge in [-0.05, 0) is 39.5 Å². The number of nitrogens with zero attached hydrogens (tertiary/aromatic N) is 1. The first-order chi connectivity index (χ1) is 8.20. The summed E-state index contributed by atoms with van der Waals surface area (Å²) in [6.45, 7) is 6.70. The van der Waals surface area contributed by atoms with Crippen LogP contribution in [0.25, 0.3) is 0 Å². The summed E-state index contributed by atoms with van der Waals surface area (Å²) in [6, 6.07) is 2.94. The second kappa shape index (κ2) is 7.65. The van der Waals surface area contributed by atoms with E-state index in [-0.39, 0.29) is 5.54 Å².